The van der Waals surface area contributed by atoms with E-state index in [0.29, 0.717) is 13.0 Å². The van der Waals surface area contributed by atoms with Gasteiger partial charge in [0.05, 0.1) is 12.7 Å². The number of carbonyl (C=O) groups is 1. The van der Waals surface area contributed by atoms with E-state index >= 15 is 0 Å². The third-order valence-electron chi connectivity index (χ3n) is 4.27. The summed E-state index contributed by atoms with van der Waals surface area (Å²) in [6.45, 7) is 10.8. The monoisotopic (exact) mass is 303 g/mol. The molecule has 22 heavy (non-hydrogen) atoms. The van der Waals surface area contributed by atoms with Crippen LogP contribution in [0.1, 0.15) is 51.7 Å². The molecule has 0 bridgehead atoms. The summed E-state index contributed by atoms with van der Waals surface area (Å²) in [5, 5.41) is 0. The van der Waals surface area contributed by atoms with Crippen LogP contribution >= 0.6 is 0 Å². The number of hydrogen-bond acceptors (Lipinski definition) is 2. The number of benzene rings is 1. The molecule has 2 rings (SSSR count). The van der Waals surface area contributed by atoms with Crippen LogP contribution in [0, 0.1) is 0 Å². The van der Waals surface area contributed by atoms with Gasteiger partial charge in [0.1, 0.15) is 0 Å². The Morgan fingerprint density at radius 3 is 2.55 bits per heavy atom. The summed E-state index contributed by atoms with van der Waals surface area (Å²) < 4.78 is 5.48. The Labute approximate surface area is 134 Å². The highest BCUT2D eigenvalue weighted by Crippen LogP contribution is 2.22. The first-order valence-corrected chi connectivity index (χ1v) is 8.35. The van der Waals surface area contributed by atoms with Crippen LogP contribution in [0.15, 0.2) is 24.3 Å². The van der Waals surface area contributed by atoms with Crippen molar-refractivity contribution in [2.75, 3.05) is 19.7 Å². The van der Waals surface area contributed by atoms with Crippen LogP contribution in [0.4, 0.5) is 0 Å². The summed E-state index contributed by atoms with van der Waals surface area (Å²) in [5.41, 5.74) is 2.87. The molecule has 1 unspecified atom stereocenters. The van der Waals surface area contributed by atoms with Crippen molar-refractivity contribution in [3.63, 3.8) is 0 Å². The summed E-state index contributed by atoms with van der Waals surface area (Å²) in [6.07, 6.45) is 2.69. The Bertz CT molecular complexity index is 487. The molecule has 3 heteroatoms. The normalized spacial score (nSPS) is 19.3. The summed E-state index contributed by atoms with van der Waals surface area (Å²) >= 11 is 0. The minimum absolute atomic E-state index is 0.169. The van der Waals surface area contributed by atoms with Crippen molar-refractivity contribution in [3.05, 3.63) is 35.4 Å². The third-order valence-corrected chi connectivity index (χ3v) is 4.27. The maximum absolute atomic E-state index is 12.2. The molecule has 1 aliphatic rings. The van der Waals surface area contributed by atoms with Crippen molar-refractivity contribution in [1.82, 2.24) is 4.90 Å². The lowest BCUT2D eigenvalue weighted by atomic mass is 9.86. The van der Waals surface area contributed by atoms with Crippen LogP contribution in [-0.2, 0) is 21.4 Å². The van der Waals surface area contributed by atoms with Crippen molar-refractivity contribution in [2.45, 2.75) is 58.5 Å². The van der Waals surface area contributed by atoms with E-state index in [1.54, 1.807) is 0 Å². The smallest absolute Gasteiger partial charge is 0.222 e. The minimum Gasteiger partial charge on any atom is -0.375 e. The molecular weight excluding hydrogens is 274 g/mol. The third kappa shape index (κ3) is 4.84. The highest BCUT2D eigenvalue weighted by Gasteiger charge is 2.20. The summed E-state index contributed by atoms with van der Waals surface area (Å²) in [7, 11) is 0. The summed E-state index contributed by atoms with van der Waals surface area (Å²) in [4.78, 5) is 14.1. The van der Waals surface area contributed by atoms with E-state index in [0.717, 1.165) is 25.9 Å². The first-order valence-electron chi connectivity index (χ1n) is 8.35. The highest BCUT2D eigenvalue weighted by atomic mass is 16.5. The van der Waals surface area contributed by atoms with Crippen molar-refractivity contribution in [1.29, 1.82) is 0 Å². The molecule has 0 saturated carbocycles. The second-order valence-electron chi connectivity index (χ2n) is 7.32. The second-order valence-corrected chi connectivity index (χ2v) is 7.32. The highest BCUT2D eigenvalue weighted by molar-refractivity contribution is 5.76. The van der Waals surface area contributed by atoms with Gasteiger partial charge >= 0.3 is 0 Å². The molecule has 1 fully saturated rings. The number of hydrogen-bond donors (Lipinski definition) is 0. The van der Waals surface area contributed by atoms with Gasteiger partial charge in [-0.2, -0.15) is 0 Å². The molecule has 1 saturated heterocycles. The van der Waals surface area contributed by atoms with Gasteiger partial charge in [-0.25, -0.2) is 0 Å². The lowest BCUT2D eigenvalue weighted by molar-refractivity contribution is -0.138. The van der Waals surface area contributed by atoms with Gasteiger partial charge in [0.15, 0.2) is 0 Å². The van der Waals surface area contributed by atoms with E-state index in [-0.39, 0.29) is 17.4 Å². The van der Waals surface area contributed by atoms with E-state index in [2.05, 4.69) is 45.0 Å². The fourth-order valence-electron chi connectivity index (χ4n) is 2.82. The van der Waals surface area contributed by atoms with Gasteiger partial charge in [0, 0.05) is 19.5 Å². The molecule has 1 amide bonds. The van der Waals surface area contributed by atoms with Gasteiger partial charge in [-0.05, 0) is 36.3 Å². The Hall–Kier alpha value is -1.35. The number of rotatable bonds is 4. The zero-order chi connectivity index (χ0) is 16.2. The van der Waals surface area contributed by atoms with Gasteiger partial charge in [0.2, 0.25) is 5.91 Å². The molecule has 0 radical (unpaired) electrons. The van der Waals surface area contributed by atoms with E-state index in [4.69, 9.17) is 4.74 Å². The van der Waals surface area contributed by atoms with Gasteiger partial charge in [-0.15, -0.1) is 0 Å². The zero-order valence-corrected chi connectivity index (χ0v) is 14.4. The van der Waals surface area contributed by atoms with Gasteiger partial charge < -0.3 is 9.64 Å². The molecule has 0 aliphatic carbocycles. The Kier molecular flexibility index (Phi) is 5.63. The molecule has 0 N–H and O–H groups in total. The standard InChI is InChI=1S/C19H29NO2/c1-15-14-20(12-13-22-15)18(21)7-5-6-16-8-10-17(11-9-16)19(2,3)4/h8-11,15H,5-7,12-14H2,1-4H3. The maximum Gasteiger partial charge on any atom is 0.222 e. The zero-order valence-electron chi connectivity index (χ0n) is 14.4. The number of nitrogens with zero attached hydrogens (tertiary/aromatic N) is 1. The molecule has 0 aromatic heterocycles. The molecule has 3 nitrogen and oxygen atoms in total. The topological polar surface area (TPSA) is 29.5 Å². The number of aryl methyl sites for hydroxylation is 1. The summed E-state index contributed by atoms with van der Waals surface area (Å²) in [6, 6.07) is 8.81. The Morgan fingerprint density at radius 2 is 1.95 bits per heavy atom. The average molecular weight is 303 g/mol. The van der Waals surface area contributed by atoms with Crippen molar-refractivity contribution in [2.24, 2.45) is 0 Å². The van der Waals surface area contributed by atoms with E-state index < -0.39 is 0 Å². The predicted octanol–water partition coefficient (Wildman–Crippen LogP) is 3.55. The van der Waals surface area contributed by atoms with Crippen LogP contribution in [0.25, 0.3) is 0 Å². The number of ether oxygens (including phenoxy) is 1. The molecule has 1 atom stereocenters. The molecule has 1 aliphatic heterocycles. The van der Waals surface area contributed by atoms with Crippen LogP contribution in [-0.4, -0.2) is 36.6 Å². The maximum atomic E-state index is 12.2. The largest absolute Gasteiger partial charge is 0.375 e. The van der Waals surface area contributed by atoms with Crippen molar-refractivity contribution in [3.8, 4) is 0 Å². The molecule has 1 aromatic rings. The number of carbonyl (C=O) groups excluding carboxylic acids is 1. The van der Waals surface area contributed by atoms with Crippen LogP contribution in [0.3, 0.4) is 0 Å². The molecule has 1 aromatic carbocycles. The van der Waals surface area contributed by atoms with E-state index in [1.807, 2.05) is 11.8 Å². The number of morpholine rings is 1. The van der Waals surface area contributed by atoms with Crippen LogP contribution < -0.4 is 0 Å². The SMILES string of the molecule is CC1CN(C(=O)CCCc2ccc(C(C)(C)C)cc2)CCO1. The van der Waals surface area contributed by atoms with Crippen LogP contribution in [0.2, 0.25) is 0 Å². The predicted molar refractivity (Wildman–Crippen MR) is 90.1 cm³/mol. The molecule has 0 spiro atoms. The van der Waals surface area contributed by atoms with E-state index in [1.165, 1.54) is 11.1 Å². The average Bonchev–Trinajstić information content (AvgIpc) is 2.47. The lowest BCUT2D eigenvalue weighted by Crippen LogP contribution is -2.44. The number of amides is 1. The summed E-state index contributed by atoms with van der Waals surface area (Å²) in [5.74, 6) is 0.265. The quantitative estimate of drug-likeness (QED) is 0.851. The van der Waals surface area contributed by atoms with Gasteiger partial charge in [-0.3, -0.25) is 4.79 Å². The van der Waals surface area contributed by atoms with Crippen molar-refractivity contribution >= 4 is 5.91 Å². The van der Waals surface area contributed by atoms with Gasteiger partial charge in [-0.1, -0.05) is 45.0 Å². The first-order chi connectivity index (χ1) is 10.4. The fourth-order valence-corrected chi connectivity index (χ4v) is 2.82. The molecular formula is C19H29NO2. The Balaban J connectivity index is 1.77. The Morgan fingerprint density at radius 1 is 1.27 bits per heavy atom. The second kappa shape index (κ2) is 7.28. The molecule has 1 heterocycles. The van der Waals surface area contributed by atoms with Crippen molar-refractivity contribution < 1.29 is 9.53 Å². The molecule has 122 valence electrons. The lowest BCUT2D eigenvalue weighted by Gasteiger charge is -2.31. The fraction of sp³-hybridized carbons (Fsp3) is 0.632. The van der Waals surface area contributed by atoms with E-state index in [9.17, 15) is 4.79 Å². The van der Waals surface area contributed by atoms with Crippen LogP contribution in [0.5, 0.6) is 0 Å². The minimum atomic E-state index is 0.169. The van der Waals surface area contributed by atoms with Gasteiger partial charge in [0.25, 0.3) is 0 Å². The first kappa shape index (κ1) is 17.0.